The molecular weight excluding hydrogens is 362 g/mol. The Morgan fingerprint density at radius 3 is 2.63 bits per heavy atom. The second-order valence-electron chi connectivity index (χ2n) is 6.74. The number of nitrogens with one attached hydrogen (secondary N) is 1. The number of benzene rings is 1. The van der Waals surface area contributed by atoms with Crippen LogP contribution < -0.4 is 5.32 Å². The molecule has 4 rings (SSSR count). The molecule has 1 aromatic carbocycles. The van der Waals surface area contributed by atoms with Gasteiger partial charge in [0.2, 0.25) is 0 Å². The smallest absolute Gasteiger partial charge is 0.289 e. The number of furan rings is 1. The Hall–Kier alpha value is -2.67. The highest BCUT2D eigenvalue weighted by atomic mass is 32.2. The molecule has 3 aromatic rings. The van der Waals surface area contributed by atoms with E-state index in [1.165, 1.54) is 0 Å². The van der Waals surface area contributed by atoms with Crippen molar-refractivity contribution in [3.63, 3.8) is 0 Å². The van der Waals surface area contributed by atoms with E-state index < -0.39 is 0 Å². The SMILES string of the molecule is Cc1cc(C(=O)Nc2ccc3oc(C(=O)N4CCSCC4)cc3c2)n(C)c1. The van der Waals surface area contributed by atoms with E-state index in [9.17, 15) is 9.59 Å². The van der Waals surface area contributed by atoms with Crippen LogP contribution in [0.3, 0.4) is 0 Å². The number of rotatable bonds is 3. The van der Waals surface area contributed by atoms with Gasteiger partial charge in [-0.2, -0.15) is 11.8 Å². The normalized spacial score (nSPS) is 14.5. The highest BCUT2D eigenvalue weighted by molar-refractivity contribution is 7.99. The fraction of sp³-hybridized carbons (Fsp3) is 0.300. The van der Waals surface area contributed by atoms with Crippen molar-refractivity contribution in [2.75, 3.05) is 29.9 Å². The second-order valence-corrected chi connectivity index (χ2v) is 7.96. The van der Waals surface area contributed by atoms with Crippen LogP contribution in [0.25, 0.3) is 11.0 Å². The molecule has 0 spiro atoms. The Balaban J connectivity index is 1.54. The van der Waals surface area contributed by atoms with Crippen molar-refractivity contribution in [2.45, 2.75) is 6.92 Å². The highest BCUT2D eigenvalue weighted by Crippen LogP contribution is 2.25. The minimum atomic E-state index is -0.171. The van der Waals surface area contributed by atoms with E-state index in [-0.39, 0.29) is 11.8 Å². The number of hydrogen-bond donors (Lipinski definition) is 1. The molecule has 1 aliphatic rings. The molecule has 0 atom stereocenters. The van der Waals surface area contributed by atoms with Crippen LogP contribution in [-0.4, -0.2) is 45.9 Å². The van der Waals surface area contributed by atoms with Crippen LogP contribution in [0.5, 0.6) is 0 Å². The molecule has 1 saturated heterocycles. The summed E-state index contributed by atoms with van der Waals surface area (Å²) in [6.45, 7) is 3.45. The predicted octanol–water partition coefficient (Wildman–Crippen LogP) is 3.52. The Kier molecular flexibility index (Phi) is 4.70. The lowest BCUT2D eigenvalue weighted by Gasteiger charge is -2.25. The first kappa shape index (κ1) is 17.7. The molecule has 3 heterocycles. The molecule has 0 aliphatic carbocycles. The minimum Gasteiger partial charge on any atom is -0.451 e. The number of thioether (sulfide) groups is 1. The number of amides is 2. The van der Waals surface area contributed by atoms with Crippen LogP contribution in [0, 0.1) is 6.92 Å². The summed E-state index contributed by atoms with van der Waals surface area (Å²) in [5, 5.41) is 3.70. The number of fused-ring (bicyclic) bond motifs is 1. The number of hydrogen-bond acceptors (Lipinski definition) is 4. The van der Waals surface area contributed by atoms with E-state index in [4.69, 9.17) is 4.42 Å². The third-order valence-electron chi connectivity index (χ3n) is 4.66. The Morgan fingerprint density at radius 1 is 1.15 bits per heavy atom. The van der Waals surface area contributed by atoms with E-state index >= 15 is 0 Å². The summed E-state index contributed by atoms with van der Waals surface area (Å²) in [6, 6.07) is 8.99. The molecule has 1 fully saturated rings. The van der Waals surface area contributed by atoms with Crippen molar-refractivity contribution in [3.05, 3.63) is 53.5 Å². The Bertz CT molecular complexity index is 1010. The maximum atomic E-state index is 12.6. The summed E-state index contributed by atoms with van der Waals surface area (Å²) in [4.78, 5) is 26.9. The van der Waals surface area contributed by atoms with Crippen molar-refractivity contribution < 1.29 is 14.0 Å². The Labute approximate surface area is 161 Å². The molecule has 0 bridgehead atoms. The highest BCUT2D eigenvalue weighted by Gasteiger charge is 2.22. The molecule has 27 heavy (non-hydrogen) atoms. The van der Waals surface area contributed by atoms with Crippen molar-refractivity contribution in [1.82, 2.24) is 9.47 Å². The van der Waals surface area contributed by atoms with E-state index in [1.807, 2.05) is 49.0 Å². The van der Waals surface area contributed by atoms with E-state index in [0.717, 1.165) is 35.5 Å². The first-order valence-corrected chi connectivity index (χ1v) is 10.0. The third kappa shape index (κ3) is 3.60. The number of aromatic nitrogens is 1. The van der Waals surface area contributed by atoms with Gasteiger partial charge in [-0.15, -0.1) is 0 Å². The van der Waals surface area contributed by atoms with Gasteiger partial charge in [0.05, 0.1) is 0 Å². The van der Waals surface area contributed by atoms with E-state index in [0.29, 0.717) is 22.7 Å². The quantitative estimate of drug-likeness (QED) is 0.751. The van der Waals surface area contributed by atoms with Crippen LogP contribution in [0.4, 0.5) is 5.69 Å². The van der Waals surface area contributed by atoms with Crippen LogP contribution >= 0.6 is 11.8 Å². The van der Waals surface area contributed by atoms with Crippen molar-refractivity contribution in [3.8, 4) is 0 Å². The molecule has 1 aliphatic heterocycles. The first-order valence-electron chi connectivity index (χ1n) is 8.86. The summed E-state index contributed by atoms with van der Waals surface area (Å²) in [5.74, 6) is 2.02. The molecule has 2 amide bonds. The number of aryl methyl sites for hydroxylation is 2. The molecular formula is C20H21N3O3S. The molecule has 1 N–H and O–H groups in total. The second kappa shape index (κ2) is 7.15. The van der Waals surface area contributed by atoms with Gasteiger partial charge < -0.3 is 19.2 Å². The van der Waals surface area contributed by atoms with Gasteiger partial charge in [0.25, 0.3) is 11.8 Å². The van der Waals surface area contributed by atoms with Gasteiger partial charge in [-0.25, -0.2) is 0 Å². The molecule has 0 saturated carbocycles. The van der Waals surface area contributed by atoms with Crippen LogP contribution in [0.2, 0.25) is 0 Å². The van der Waals surface area contributed by atoms with Gasteiger partial charge in [-0.1, -0.05) is 0 Å². The van der Waals surface area contributed by atoms with Crippen molar-refractivity contribution >= 4 is 40.2 Å². The molecule has 140 valence electrons. The third-order valence-corrected chi connectivity index (χ3v) is 5.60. The zero-order valence-corrected chi connectivity index (χ0v) is 16.1. The molecule has 2 aromatic heterocycles. The summed E-state index contributed by atoms with van der Waals surface area (Å²) in [6.07, 6.45) is 1.91. The first-order chi connectivity index (χ1) is 13.0. The molecule has 6 nitrogen and oxygen atoms in total. The zero-order chi connectivity index (χ0) is 19.0. The maximum Gasteiger partial charge on any atom is 0.289 e. The fourth-order valence-corrected chi connectivity index (χ4v) is 4.20. The zero-order valence-electron chi connectivity index (χ0n) is 15.3. The lowest BCUT2D eigenvalue weighted by molar-refractivity contribution is 0.0742. The molecule has 0 radical (unpaired) electrons. The van der Waals surface area contributed by atoms with Gasteiger partial charge in [-0.3, -0.25) is 9.59 Å². The number of carbonyl (C=O) groups is 2. The molecule has 0 unspecified atom stereocenters. The lowest BCUT2D eigenvalue weighted by atomic mass is 10.2. The van der Waals surface area contributed by atoms with Gasteiger partial charge >= 0.3 is 0 Å². The van der Waals surface area contributed by atoms with E-state index in [2.05, 4.69) is 5.32 Å². The van der Waals surface area contributed by atoms with Crippen molar-refractivity contribution in [1.29, 1.82) is 0 Å². The molecule has 7 heteroatoms. The van der Waals surface area contributed by atoms with E-state index in [1.54, 1.807) is 22.8 Å². The summed E-state index contributed by atoms with van der Waals surface area (Å²) >= 11 is 1.86. The average Bonchev–Trinajstić information content (AvgIpc) is 3.24. The van der Waals surface area contributed by atoms with Gasteiger partial charge in [0.1, 0.15) is 11.3 Å². The number of nitrogens with zero attached hydrogens (tertiary/aromatic N) is 2. The lowest BCUT2D eigenvalue weighted by Crippen LogP contribution is -2.37. The summed E-state index contributed by atoms with van der Waals surface area (Å²) in [5.41, 5.74) is 2.93. The Morgan fingerprint density at radius 2 is 1.93 bits per heavy atom. The van der Waals surface area contributed by atoms with Crippen molar-refractivity contribution in [2.24, 2.45) is 7.05 Å². The topological polar surface area (TPSA) is 67.5 Å². The summed E-state index contributed by atoms with van der Waals surface area (Å²) < 4.78 is 7.54. The average molecular weight is 383 g/mol. The monoisotopic (exact) mass is 383 g/mol. The van der Waals surface area contributed by atoms with Crippen LogP contribution in [0.15, 0.2) is 40.9 Å². The van der Waals surface area contributed by atoms with Crippen LogP contribution in [-0.2, 0) is 7.05 Å². The number of anilines is 1. The standard InChI is InChI=1S/C20H21N3O3S/c1-13-9-16(22(2)12-13)19(24)21-15-3-4-17-14(10-15)11-18(26-17)20(25)23-5-7-27-8-6-23/h3-4,9-12H,5-8H2,1-2H3,(H,21,24). The van der Waals surface area contributed by atoms with Gasteiger partial charge in [0, 0.05) is 48.9 Å². The summed E-state index contributed by atoms with van der Waals surface area (Å²) in [7, 11) is 1.85. The van der Waals surface area contributed by atoms with Gasteiger partial charge in [0.15, 0.2) is 5.76 Å². The largest absolute Gasteiger partial charge is 0.451 e. The predicted molar refractivity (Wildman–Crippen MR) is 108 cm³/mol. The minimum absolute atomic E-state index is 0.0728. The number of carbonyl (C=O) groups excluding carboxylic acids is 2. The maximum absolute atomic E-state index is 12.6. The van der Waals surface area contributed by atoms with Crippen LogP contribution in [0.1, 0.15) is 26.6 Å². The fourth-order valence-electron chi connectivity index (χ4n) is 3.30. The van der Waals surface area contributed by atoms with Gasteiger partial charge in [-0.05, 0) is 42.8 Å².